The molecule has 0 saturated carbocycles. The molecule has 2 fully saturated rings. The van der Waals surface area contributed by atoms with Gasteiger partial charge in [-0.1, -0.05) is 19.8 Å². The monoisotopic (exact) mass is 268 g/mol. The van der Waals surface area contributed by atoms with Gasteiger partial charge >= 0.3 is 0 Å². The zero-order valence-electron chi connectivity index (χ0n) is 12.7. The van der Waals surface area contributed by atoms with Crippen LogP contribution in [0.2, 0.25) is 0 Å². The van der Waals surface area contributed by atoms with Crippen molar-refractivity contribution in [3.8, 4) is 0 Å². The Morgan fingerprint density at radius 3 is 2.68 bits per heavy atom. The SMILES string of the molecule is CCCOCCN1CCCCCC1C1CCNCC1. The fourth-order valence-electron chi connectivity index (χ4n) is 3.66. The molecule has 19 heavy (non-hydrogen) atoms. The lowest BCUT2D eigenvalue weighted by atomic mass is 9.87. The number of ether oxygens (including phenoxy) is 1. The van der Waals surface area contributed by atoms with E-state index in [1.807, 2.05) is 0 Å². The van der Waals surface area contributed by atoms with Crippen LogP contribution in [0.3, 0.4) is 0 Å². The minimum atomic E-state index is 0.829. The lowest BCUT2D eigenvalue weighted by Crippen LogP contribution is -2.45. The molecule has 0 aromatic rings. The summed E-state index contributed by atoms with van der Waals surface area (Å²) in [7, 11) is 0. The summed E-state index contributed by atoms with van der Waals surface area (Å²) in [5.41, 5.74) is 0. The number of rotatable bonds is 6. The molecular formula is C16H32N2O. The van der Waals surface area contributed by atoms with Gasteiger partial charge in [-0.2, -0.15) is 0 Å². The van der Waals surface area contributed by atoms with Crippen LogP contribution < -0.4 is 5.32 Å². The standard InChI is InChI=1S/C16H32N2O/c1-2-13-19-14-12-18-11-5-3-4-6-16(18)15-7-9-17-10-8-15/h15-17H,2-14H2,1H3. The molecule has 0 aromatic carbocycles. The van der Waals surface area contributed by atoms with Gasteiger partial charge in [0.1, 0.15) is 0 Å². The van der Waals surface area contributed by atoms with E-state index in [9.17, 15) is 0 Å². The second-order valence-electron chi connectivity index (χ2n) is 6.15. The van der Waals surface area contributed by atoms with Crippen LogP contribution in [0.4, 0.5) is 0 Å². The van der Waals surface area contributed by atoms with E-state index < -0.39 is 0 Å². The largest absolute Gasteiger partial charge is 0.380 e. The van der Waals surface area contributed by atoms with Crippen LogP contribution in [0.25, 0.3) is 0 Å². The van der Waals surface area contributed by atoms with Gasteiger partial charge in [0.05, 0.1) is 6.61 Å². The number of hydrogen-bond acceptors (Lipinski definition) is 3. The number of nitrogens with one attached hydrogen (secondary N) is 1. The quantitative estimate of drug-likeness (QED) is 0.750. The molecule has 1 atom stereocenters. The number of hydrogen-bond donors (Lipinski definition) is 1. The van der Waals surface area contributed by atoms with E-state index in [1.165, 1.54) is 58.2 Å². The third-order valence-corrected chi connectivity index (χ3v) is 4.71. The highest BCUT2D eigenvalue weighted by molar-refractivity contribution is 4.84. The molecule has 0 amide bonds. The van der Waals surface area contributed by atoms with Crippen LogP contribution in [0.15, 0.2) is 0 Å². The smallest absolute Gasteiger partial charge is 0.0593 e. The minimum Gasteiger partial charge on any atom is -0.380 e. The molecule has 2 heterocycles. The zero-order chi connectivity index (χ0) is 13.3. The van der Waals surface area contributed by atoms with Crippen LogP contribution >= 0.6 is 0 Å². The van der Waals surface area contributed by atoms with Crippen molar-refractivity contribution in [1.29, 1.82) is 0 Å². The fourth-order valence-corrected chi connectivity index (χ4v) is 3.66. The lowest BCUT2D eigenvalue weighted by Gasteiger charge is -2.38. The first-order valence-electron chi connectivity index (χ1n) is 8.44. The maximum atomic E-state index is 5.71. The van der Waals surface area contributed by atoms with Crippen LogP contribution in [0, 0.1) is 5.92 Å². The van der Waals surface area contributed by atoms with Crippen LogP contribution in [0.1, 0.15) is 51.9 Å². The Labute approximate surface area is 119 Å². The van der Waals surface area contributed by atoms with E-state index in [0.29, 0.717) is 0 Å². The van der Waals surface area contributed by atoms with E-state index >= 15 is 0 Å². The average molecular weight is 268 g/mol. The Hall–Kier alpha value is -0.120. The van der Waals surface area contributed by atoms with Crippen LogP contribution in [0.5, 0.6) is 0 Å². The second kappa shape index (κ2) is 8.93. The predicted molar refractivity (Wildman–Crippen MR) is 80.5 cm³/mol. The summed E-state index contributed by atoms with van der Waals surface area (Å²) in [4.78, 5) is 2.75. The molecule has 1 N–H and O–H groups in total. The fraction of sp³-hybridized carbons (Fsp3) is 1.00. The summed E-state index contributed by atoms with van der Waals surface area (Å²) in [5.74, 6) is 0.922. The second-order valence-corrected chi connectivity index (χ2v) is 6.15. The van der Waals surface area contributed by atoms with E-state index in [1.54, 1.807) is 0 Å². The normalized spacial score (nSPS) is 27.3. The van der Waals surface area contributed by atoms with Crippen molar-refractivity contribution in [1.82, 2.24) is 10.2 Å². The Morgan fingerprint density at radius 2 is 1.89 bits per heavy atom. The molecule has 2 aliphatic rings. The molecule has 2 rings (SSSR count). The summed E-state index contributed by atoms with van der Waals surface area (Å²) in [6.07, 6.45) is 9.54. The van der Waals surface area contributed by atoms with Gasteiger partial charge in [-0.15, -0.1) is 0 Å². The molecule has 2 aliphatic heterocycles. The summed E-state index contributed by atoms with van der Waals surface area (Å²) in [5, 5.41) is 3.50. The van der Waals surface area contributed by atoms with Crippen LogP contribution in [-0.2, 0) is 4.74 Å². The molecule has 0 aromatic heterocycles. The molecule has 112 valence electrons. The first-order chi connectivity index (χ1) is 9.42. The van der Waals surface area contributed by atoms with Gasteiger partial charge in [0.15, 0.2) is 0 Å². The first kappa shape index (κ1) is 15.3. The van der Waals surface area contributed by atoms with Crippen molar-refractivity contribution in [2.75, 3.05) is 39.4 Å². The summed E-state index contributed by atoms with van der Waals surface area (Å²) >= 11 is 0. The number of likely N-dealkylation sites (tertiary alicyclic amines) is 1. The molecule has 1 unspecified atom stereocenters. The predicted octanol–water partition coefficient (Wildman–Crippen LogP) is 2.66. The van der Waals surface area contributed by atoms with E-state index in [-0.39, 0.29) is 0 Å². The molecular weight excluding hydrogens is 236 g/mol. The van der Waals surface area contributed by atoms with Gasteiger partial charge in [-0.25, -0.2) is 0 Å². The highest BCUT2D eigenvalue weighted by Gasteiger charge is 2.29. The Bertz CT molecular complexity index is 229. The maximum Gasteiger partial charge on any atom is 0.0593 e. The third-order valence-electron chi connectivity index (χ3n) is 4.71. The van der Waals surface area contributed by atoms with Gasteiger partial charge in [0.2, 0.25) is 0 Å². The summed E-state index contributed by atoms with van der Waals surface area (Å²) in [6.45, 7) is 8.92. The Balaban J connectivity index is 1.83. The van der Waals surface area contributed by atoms with Crippen molar-refractivity contribution >= 4 is 0 Å². The van der Waals surface area contributed by atoms with E-state index in [0.717, 1.165) is 38.1 Å². The van der Waals surface area contributed by atoms with Crippen molar-refractivity contribution in [3.63, 3.8) is 0 Å². The van der Waals surface area contributed by atoms with Gasteiger partial charge in [-0.05, 0) is 57.7 Å². The third kappa shape index (κ3) is 5.05. The van der Waals surface area contributed by atoms with Crippen molar-refractivity contribution < 1.29 is 4.74 Å². The zero-order valence-corrected chi connectivity index (χ0v) is 12.7. The van der Waals surface area contributed by atoms with Gasteiger partial charge in [0, 0.05) is 19.2 Å². The van der Waals surface area contributed by atoms with E-state index in [4.69, 9.17) is 4.74 Å². The van der Waals surface area contributed by atoms with E-state index in [2.05, 4.69) is 17.1 Å². The lowest BCUT2D eigenvalue weighted by molar-refractivity contribution is 0.0648. The van der Waals surface area contributed by atoms with Crippen LogP contribution in [-0.4, -0.2) is 50.3 Å². The summed E-state index contributed by atoms with van der Waals surface area (Å²) in [6, 6.07) is 0.829. The molecule has 3 nitrogen and oxygen atoms in total. The van der Waals surface area contributed by atoms with Gasteiger partial charge < -0.3 is 10.1 Å². The highest BCUT2D eigenvalue weighted by atomic mass is 16.5. The number of piperidine rings is 1. The molecule has 0 radical (unpaired) electrons. The van der Waals surface area contributed by atoms with Crippen molar-refractivity contribution in [2.45, 2.75) is 57.9 Å². The Morgan fingerprint density at radius 1 is 1.05 bits per heavy atom. The van der Waals surface area contributed by atoms with Crippen molar-refractivity contribution in [3.05, 3.63) is 0 Å². The topological polar surface area (TPSA) is 24.5 Å². The first-order valence-corrected chi connectivity index (χ1v) is 8.44. The maximum absolute atomic E-state index is 5.71. The highest BCUT2D eigenvalue weighted by Crippen LogP contribution is 2.28. The number of nitrogens with zero attached hydrogens (tertiary/aromatic N) is 1. The van der Waals surface area contributed by atoms with Gasteiger partial charge in [-0.3, -0.25) is 4.90 Å². The van der Waals surface area contributed by atoms with Gasteiger partial charge in [0.25, 0.3) is 0 Å². The summed E-state index contributed by atoms with van der Waals surface area (Å²) < 4.78 is 5.71. The molecule has 3 heteroatoms. The Kier molecular flexibility index (Phi) is 7.18. The molecule has 0 spiro atoms. The molecule has 2 saturated heterocycles. The van der Waals surface area contributed by atoms with Crippen molar-refractivity contribution in [2.24, 2.45) is 5.92 Å². The minimum absolute atomic E-state index is 0.829. The molecule has 0 bridgehead atoms. The molecule has 0 aliphatic carbocycles. The average Bonchev–Trinajstić information content (AvgIpc) is 2.70.